The van der Waals surface area contributed by atoms with Crippen molar-refractivity contribution in [3.63, 3.8) is 0 Å². The maximum atomic E-state index is 6.17. The summed E-state index contributed by atoms with van der Waals surface area (Å²) in [6, 6.07) is 14.2. The van der Waals surface area contributed by atoms with Gasteiger partial charge in [0.25, 0.3) is 0 Å². The highest BCUT2D eigenvalue weighted by molar-refractivity contribution is 9.10. The smallest absolute Gasteiger partial charge is 0.138 e. The monoisotopic (exact) mass is 367 g/mol. The van der Waals surface area contributed by atoms with Crippen molar-refractivity contribution >= 4 is 27.5 Å². The summed E-state index contributed by atoms with van der Waals surface area (Å²) in [5.74, 6) is 0.866. The second-order valence-electron chi connectivity index (χ2n) is 5.14. The van der Waals surface area contributed by atoms with Crippen molar-refractivity contribution in [2.75, 3.05) is 0 Å². The van der Waals surface area contributed by atoms with Crippen LogP contribution < -0.4 is 10.1 Å². The third-order valence-electron chi connectivity index (χ3n) is 3.08. The van der Waals surface area contributed by atoms with Crippen molar-refractivity contribution in [1.82, 2.24) is 5.32 Å². The molecule has 0 unspecified atom stereocenters. The molecule has 0 spiro atoms. The minimum absolute atomic E-state index is 0.431. The van der Waals surface area contributed by atoms with Crippen LogP contribution in [0.5, 0.6) is 5.75 Å². The van der Waals surface area contributed by atoms with Crippen molar-refractivity contribution in [2.45, 2.75) is 33.0 Å². The standard InChI is InChI=1S/C17H19BrClNO/c1-12(2)20-10-13-7-5-8-15(18)17(13)21-11-14-6-3-4-9-16(14)19/h3-9,12,20H,10-11H2,1-2H3. The first-order chi connectivity index (χ1) is 10.1. The lowest BCUT2D eigenvalue weighted by atomic mass is 10.2. The molecule has 1 N–H and O–H groups in total. The van der Waals surface area contributed by atoms with Crippen LogP contribution in [0.1, 0.15) is 25.0 Å². The van der Waals surface area contributed by atoms with Crippen LogP contribution in [0.2, 0.25) is 5.02 Å². The minimum atomic E-state index is 0.431. The van der Waals surface area contributed by atoms with Gasteiger partial charge in [-0.3, -0.25) is 0 Å². The van der Waals surface area contributed by atoms with E-state index in [4.69, 9.17) is 16.3 Å². The van der Waals surface area contributed by atoms with E-state index in [0.717, 1.165) is 32.9 Å². The van der Waals surface area contributed by atoms with Gasteiger partial charge in [-0.2, -0.15) is 0 Å². The normalized spacial score (nSPS) is 10.9. The molecule has 0 saturated carbocycles. The summed E-state index contributed by atoms with van der Waals surface area (Å²) in [6.07, 6.45) is 0. The Morgan fingerprint density at radius 1 is 1.10 bits per heavy atom. The number of rotatable bonds is 6. The average molecular weight is 369 g/mol. The van der Waals surface area contributed by atoms with Crippen LogP contribution in [0.4, 0.5) is 0 Å². The van der Waals surface area contributed by atoms with E-state index in [2.05, 4.69) is 41.2 Å². The van der Waals surface area contributed by atoms with Gasteiger partial charge < -0.3 is 10.1 Å². The van der Waals surface area contributed by atoms with E-state index >= 15 is 0 Å². The van der Waals surface area contributed by atoms with E-state index in [-0.39, 0.29) is 0 Å². The fraction of sp³-hybridized carbons (Fsp3) is 0.294. The summed E-state index contributed by atoms with van der Waals surface area (Å²) < 4.78 is 6.95. The van der Waals surface area contributed by atoms with Crippen LogP contribution in [-0.4, -0.2) is 6.04 Å². The van der Waals surface area contributed by atoms with Crippen LogP contribution in [0.3, 0.4) is 0 Å². The van der Waals surface area contributed by atoms with E-state index in [1.54, 1.807) is 0 Å². The van der Waals surface area contributed by atoms with Crippen LogP contribution in [0, 0.1) is 0 Å². The predicted octanol–water partition coefficient (Wildman–Crippen LogP) is 5.18. The molecule has 2 rings (SSSR count). The molecule has 0 aliphatic carbocycles. The summed E-state index contributed by atoms with van der Waals surface area (Å²) in [5.41, 5.74) is 2.11. The van der Waals surface area contributed by atoms with E-state index in [0.29, 0.717) is 12.6 Å². The quantitative estimate of drug-likeness (QED) is 0.758. The molecule has 0 bridgehead atoms. The molecule has 112 valence electrons. The second kappa shape index (κ2) is 7.83. The maximum absolute atomic E-state index is 6.17. The molecule has 0 aliphatic rings. The van der Waals surface area contributed by atoms with Gasteiger partial charge in [0.05, 0.1) is 4.47 Å². The summed E-state index contributed by atoms with van der Waals surface area (Å²) >= 11 is 9.73. The van der Waals surface area contributed by atoms with Gasteiger partial charge in [0.1, 0.15) is 12.4 Å². The Morgan fingerprint density at radius 3 is 2.52 bits per heavy atom. The topological polar surface area (TPSA) is 21.3 Å². The van der Waals surface area contributed by atoms with E-state index in [9.17, 15) is 0 Å². The molecule has 4 heteroatoms. The van der Waals surface area contributed by atoms with Gasteiger partial charge in [0.2, 0.25) is 0 Å². The van der Waals surface area contributed by atoms with Gasteiger partial charge in [-0.1, -0.05) is 55.8 Å². The van der Waals surface area contributed by atoms with Gasteiger partial charge in [-0.25, -0.2) is 0 Å². The lowest BCUT2D eigenvalue weighted by Gasteiger charge is -2.15. The zero-order valence-corrected chi connectivity index (χ0v) is 14.5. The van der Waals surface area contributed by atoms with Gasteiger partial charge in [0, 0.05) is 28.7 Å². The molecule has 2 aromatic rings. The molecule has 0 heterocycles. The first-order valence-electron chi connectivity index (χ1n) is 6.95. The molecule has 0 atom stereocenters. The Hall–Kier alpha value is -1.03. The second-order valence-corrected chi connectivity index (χ2v) is 6.41. The fourth-order valence-corrected chi connectivity index (χ4v) is 2.65. The predicted molar refractivity (Wildman–Crippen MR) is 91.9 cm³/mol. The summed E-state index contributed by atoms with van der Waals surface area (Å²) in [6.45, 7) is 5.48. The number of hydrogen-bond donors (Lipinski definition) is 1. The molecule has 0 radical (unpaired) electrons. The van der Waals surface area contributed by atoms with Crippen LogP contribution in [-0.2, 0) is 13.2 Å². The highest BCUT2D eigenvalue weighted by Gasteiger charge is 2.09. The molecule has 0 saturated heterocycles. The molecule has 2 aromatic carbocycles. The highest BCUT2D eigenvalue weighted by Crippen LogP contribution is 2.30. The molecular weight excluding hydrogens is 350 g/mol. The lowest BCUT2D eigenvalue weighted by Crippen LogP contribution is -2.22. The van der Waals surface area contributed by atoms with E-state index in [1.165, 1.54) is 0 Å². The number of hydrogen-bond acceptors (Lipinski definition) is 2. The van der Waals surface area contributed by atoms with Gasteiger partial charge in [0.15, 0.2) is 0 Å². The van der Waals surface area contributed by atoms with Gasteiger partial charge >= 0.3 is 0 Å². The molecule has 0 aliphatic heterocycles. The average Bonchev–Trinajstić information content (AvgIpc) is 2.45. The first kappa shape index (κ1) is 16.3. The number of benzene rings is 2. The lowest BCUT2D eigenvalue weighted by molar-refractivity contribution is 0.300. The molecule has 0 aromatic heterocycles. The third kappa shape index (κ3) is 4.73. The molecule has 0 fully saturated rings. The fourth-order valence-electron chi connectivity index (χ4n) is 1.93. The summed E-state index contributed by atoms with van der Waals surface area (Å²) in [5, 5.41) is 4.14. The summed E-state index contributed by atoms with van der Waals surface area (Å²) in [4.78, 5) is 0. The largest absolute Gasteiger partial charge is 0.487 e. The minimum Gasteiger partial charge on any atom is -0.487 e. The SMILES string of the molecule is CC(C)NCc1cccc(Br)c1OCc1ccccc1Cl. The third-order valence-corrected chi connectivity index (χ3v) is 4.07. The van der Waals surface area contributed by atoms with Gasteiger partial charge in [-0.05, 0) is 28.1 Å². The Bertz CT molecular complexity index is 601. The molecule has 0 amide bonds. The Balaban J connectivity index is 2.13. The van der Waals surface area contributed by atoms with Crippen LogP contribution >= 0.6 is 27.5 Å². The Kier molecular flexibility index (Phi) is 6.09. The van der Waals surface area contributed by atoms with Gasteiger partial charge in [-0.15, -0.1) is 0 Å². The molecule has 2 nitrogen and oxygen atoms in total. The number of ether oxygens (including phenoxy) is 1. The highest BCUT2D eigenvalue weighted by atomic mass is 79.9. The number of halogens is 2. The van der Waals surface area contributed by atoms with Crippen molar-refractivity contribution in [3.8, 4) is 5.75 Å². The van der Waals surface area contributed by atoms with Crippen molar-refractivity contribution in [3.05, 3.63) is 63.1 Å². The Morgan fingerprint density at radius 2 is 1.81 bits per heavy atom. The van der Waals surface area contributed by atoms with Crippen molar-refractivity contribution < 1.29 is 4.74 Å². The maximum Gasteiger partial charge on any atom is 0.138 e. The molecular formula is C17H19BrClNO. The molecule has 21 heavy (non-hydrogen) atoms. The summed E-state index contributed by atoms with van der Waals surface area (Å²) in [7, 11) is 0. The van der Waals surface area contributed by atoms with E-state index in [1.807, 2.05) is 36.4 Å². The number of para-hydroxylation sites is 1. The Labute approximate surface area is 139 Å². The zero-order valence-electron chi connectivity index (χ0n) is 12.2. The van der Waals surface area contributed by atoms with Crippen molar-refractivity contribution in [2.24, 2.45) is 0 Å². The number of nitrogens with one attached hydrogen (secondary N) is 1. The van der Waals surface area contributed by atoms with Crippen LogP contribution in [0.25, 0.3) is 0 Å². The zero-order chi connectivity index (χ0) is 15.2. The van der Waals surface area contributed by atoms with Crippen molar-refractivity contribution in [1.29, 1.82) is 0 Å². The van der Waals surface area contributed by atoms with E-state index < -0.39 is 0 Å². The first-order valence-corrected chi connectivity index (χ1v) is 8.12. The van der Waals surface area contributed by atoms with Crippen LogP contribution in [0.15, 0.2) is 46.9 Å².